The van der Waals surface area contributed by atoms with Gasteiger partial charge in [-0.15, -0.1) is 0 Å². The van der Waals surface area contributed by atoms with Crippen LogP contribution >= 0.6 is 0 Å². The maximum absolute atomic E-state index is 9.77. The topological polar surface area (TPSA) is 118 Å². The molecule has 1 fully saturated rings. The summed E-state index contributed by atoms with van der Waals surface area (Å²) in [4.78, 5) is 22.1. The Hall–Kier alpha value is -1.18. The predicted molar refractivity (Wildman–Crippen MR) is 77.1 cm³/mol. The molecule has 7 nitrogen and oxygen atoms in total. The van der Waals surface area contributed by atoms with Gasteiger partial charge in [0.25, 0.3) is 0 Å². The molecule has 0 amide bonds. The number of hydrogen-bond acceptors (Lipinski definition) is 5. The highest BCUT2D eigenvalue weighted by Gasteiger charge is 2.38. The number of aliphatic hydroxyl groups is 2. The molecular formula is C14H27NO6. The number of piperidine rings is 1. The monoisotopic (exact) mass is 305 g/mol. The van der Waals surface area contributed by atoms with Crippen LogP contribution in [-0.2, 0) is 9.59 Å². The Morgan fingerprint density at radius 2 is 1.19 bits per heavy atom. The van der Waals surface area contributed by atoms with E-state index in [9.17, 15) is 9.59 Å². The molecule has 0 aromatic heterocycles. The summed E-state index contributed by atoms with van der Waals surface area (Å²) in [5.41, 5.74) is 0.809. The SMILES string of the molecule is CN1C(C)(C)CCCC1(C)C.O=C(O)C(O)C(O)C(=O)O. The number of carbonyl (C=O) groups is 2. The third-order valence-electron chi connectivity index (χ3n) is 4.20. The average molecular weight is 305 g/mol. The van der Waals surface area contributed by atoms with Gasteiger partial charge in [-0.2, -0.15) is 0 Å². The van der Waals surface area contributed by atoms with E-state index >= 15 is 0 Å². The first kappa shape index (κ1) is 19.8. The summed E-state index contributed by atoms with van der Waals surface area (Å²) in [7, 11) is 2.25. The number of hydrogen-bond donors (Lipinski definition) is 4. The molecule has 0 aliphatic carbocycles. The minimum atomic E-state index is -2.27. The summed E-state index contributed by atoms with van der Waals surface area (Å²) in [6, 6.07) is 0. The van der Waals surface area contributed by atoms with Gasteiger partial charge in [0.15, 0.2) is 12.2 Å². The number of carboxylic acids is 2. The minimum Gasteiger partial charge on any atom is -0.479 e. The molecular weight excluding hydrogens is 278 g/mol. The lowest BCUT2D eigenvalue weighted by Gasteiger charge is -2.50. The van der Waals surface area contributed by atoms with E-state index in [1.807, 2.05) is 0 Å². The maximum Gasteiger partial charge on any atom is 0.335 e. The van der Waals surface area contributed by atoms with Crippen molar-refractivity contribution in [1.82, 2.24) is 4.90 Å². The summed E-state index contributed by atoms with van der Waals surface area (Å²) >= 11 is 0. The third kappa shape index (κ3) is 5.61. The number of carboxylic acid groups (broad SMARTS) is 2. The van der Waals surface area contributed by atoms with E-state index in [0.29, 0.717) is 11.1 Å². The molecule has 0 aromatic carbocycles. The van der Waals surface area contributed by atoms with E-state index in [-0.39, 0.29) is 0 Å². The summed E-state index contributed by atoms with van der Waals surface area (Å²) in [6.45, 7) is 9.36. The lowest BCUT2D eigenvalue weighted by Crippen LogP contribution is -2.56. The zero-order chi connectivity index (χ0) is 17.0. The number of aliphatic carboxylic acids is 2. The van der Waals surface area contributed by atoms with Crippen LogP contribution in [0.5, 0.6) is 0 Å². The van der Waals surface area contributed by atoms with Gasteiger partial charge < -0.3 is 20.4 Å². The molecule has 1 aliphatic heterocycles. The van der Waals surface area contributed by atoms with Gasteiger partial charge in [0.05, 0.1) is 0 Å². The molecule has 1 aliphatic rings. The van der Waals surface area contributed by atoms with Crippen LogP contribution in [0, 0.1) is 0 Å². The van der Waals surface area contributed by atoms with Crippen molar-refractivity contribution in [2.45, 2.75) is 70.2 Å². The molecule has 2 unspecified atom stereocenters. The van der Waals surface area contributed by atoms with Crippen molar-refractivity contribution < 1.29 is 30.0 Å². The molecule has 1 heterocycles. The predicted octanol–water partition coefficient (Wildman–Crippen LogP) is 0.537. The third-order valence-corrected chi connectivity index (χ3v) is 4.20. The molecule has 124 valence electrons. The van der Waals surface area contributed by atoms with Gasteiger partial charge >= 0.3 is 11.9 Å². The van der Waals surface area contributed by atoms with Gasteiger partial charge in [-0.3, -0.25) is 4.90 Å². The van der Waals surface area contributed by atoms with Gasteiger partial charge in [0.1, 0.15) is 0 Å². The van der Waals surface area contributed by atoms with Crippen LogP contribution in [0.25, 0.3) is 0 Å². The van der Waals surface area contributed by atoms with E-state index in [0.717, 1.165) is 0 Å². The van der Waals surface area contributed by atoms with Crippen molar-refractivity contribution in [3.8, 4) is 0 Å². The van der Waals surface area contributed by atoms with Gasteiger partial charge in [-0.25, -0.2) is 9.59 Å². The Morgan fingerprint density at radius 3 is 1.38 bits per heavy atom. The first-order valence-electron chi connectivity index (χ1n) is 6.88. The van der Waals surface area contributed by atoms with Crippen LogP contribution in [0.3, 0.4) is 0 Å². The van der Waals surface area contributed by atoms with Crippen molar-refractivity contribution in [3.63, 3.8) is 0 Å². The Balaban J connectivity index is 0.000000384. The molecule has 21 heavy (non-hydrogen) atoms. The molecule has 0 radical (unpaired) electrons. The summed E-state index contributed by atoms with van der Waals surface area (Å²) < 4.78 is 0. The van der Waals surface area contributed by atoms with E-state index in [1.165, 1.54) is 19.3 Å². The Kier molecular flexibility index (Phi) is 6.79. The molecule has 2 atom stereocenters. The zero-order valence-electron chi connectivity index (χ0n) is 13.3. The first-order chi connectivity index (χ1) is 9.33. The second-order valence-electron chi connectivity index (χ2n) is 6.60. The second-order valence-corrected chi connectivity index (χ2v) is 6.60. The van der Waals surface area contributed by atoms with Crippen molar-refractivity contribution >= 4 is 11.9 Å². The molecule has 0 bridgehead atoms. The molecule has 7 heteroatoms. The number of rotatable bonds is 3. The summed E-state index contributed by atoms with van der Waals surface area (Å²) in [5, 5.41) is 32.5. The van der Waals surface area contributed by atoms with Crippen LogP contribution in [0.4, 0.5) is 0 Å². The van der Waals surface area contributed by atoms with Gasteiger partial charge in [-0.05, 0) is 54.0 Å². The quantitative estimate of drug-likeness (QED) is 0.601. The molecule has 0 aromatic rings. The van der Waals surface area contributed by atoms with Gasteiger partial charge in [-0.1, -0.05) is 0 Å². The molecule has 1 saturated heterocycles. The summed E-state index contributed by atoms with van der Waals surface area (Å²) in [6.07, 6.45) is -0.473. The van der Waals surface area contributed by atoms with E-state index in [2.05, 4.69) is 39.6 Å². The largest absolute Gasteiger partial charge is 0.479 e. The molecule has 0 saturated carbocycles. The van der Waals surface area contributed by atoms with Crippen LogP contribution in [0.1, 0.15) is 47.0 Å². The fourth-order valence-electron chi connectivity index (χ4n) is 2.38. The molecule has 0 spiro atoms. The average Bonchev–Trinajstić information content (AvgIpc) is 2.34. The van der Waals surface area contributed by atoms with Crippen molar-refractivity contribution in [3.05, 3.63) is 0 Å². The van der Waals surface area contributed by atoms with Gasteiger partial charge in [0, 0.05) is 11.1 Å². The molecule has 1 rings (SSSR count). The fraction of sp³-hybridized carbons (Fsp3) is 0.857. The van der Waals surface area contributed by atoms with E-state index < -0.39 is 24.1 Å². The van der Waals surface area contributed by atoms with Crippen molar-refractivity contribution in [2.24, 2.45) is 0 Å². The summed E-state index contributed by atoms with van der Waals surface area (Å²) in [5.74, 6) is -3.54. The van der Waals surface area contributed by atoms with E-state index in [1.54, 1.807) is 0 Å². The Labute approximate surface area is 125 Å². The van der Waals surface area contributed by atoms with Crippen LogP contribution in [-0.4, -0.2) is 67.6 Å². The van der Waals surface area contributed by atoms with Crippen LogP contribution in [0.15, 0.2) is 0 Å². The first-order valence-corrected chi connectivity index (χ1v) is 6.88. The number of likely N-dealkylation sites (tertiary alicyclic amines) is 1. The second kappa shape index (κ2) is 7.20. The van der Waals surface area contributed by atoms with Crippen molar-refractivity contribution in [2.75, 3.05) is 7.05 Å². The van der Waals surface area contributed by atoms with Crippen molar-refractivity contribution in [1.29, 1.82) is 0 Å². The van der Waals surface area contributed by atoms with Crippen LogP contribution in [0.2, 0.25) is 0 Å². The number of aliphatic hydroxyl groups excluding tert-OH is 2. The highest BCUT2D eigenvalue weighted by Crippen LogP contribution is 2.36. The minimum absolute atomic E-state index is 0.405. The van der Waals surface area contributed by atoms with E-state index in [4.69, 9.17) is 20.4 Å². The fourth-order valence-corrected chi connectivity index (χ4v) is 2.38. The zero-order valence-corrected chi connectivity index (χ0v) is 13.3. The van der Waals surface area contributed by atoms with Crippen LogP contribution < -0.4 is 0 Å². The standard InChI is InChI=1S/C10H21N.C4H6O6/c1-9(2)7-6-8-10(3,4)11(9)5;5-1(3(7)8)2(6)4(9)10/h6-8H2,1-5H3;1-2,5-6H,(H,7,8)(H,9,10). The molecule has 4 N–H and O–H groups in total. The lowest BCUT2D eigenvalue weighted by atomic mass is 9.80. The highest BCUT2D eigenvalue weighted by atomic mass is 16.4. The maximum atomic E-state index is 9.77. The highest BCUT2D eigenvalue weighted by molar-refractivity contribution is 5.83. The Bertz CT molecular complexity index is 346. The smallest absolute Gasteiger partial charge is 0.335 e. The number of nitrogens with zero attached hydrogens (tertiary/aromatic N) is 1. The Morgan fingerprint density at radius 1 is 0.905 bits per heavy atom. The van der Waals surface area contributed by atoms with Gasteiger partial charge in [0.2, 0.25) is 0 Å². The normalized spacial score (nSPS) is 23.4. The lowest BCUT2D eigenvalue weighted by molar-refractivity contribution is -0.165.